The summed E-state index contributed by atoms with van der Waals surface area (Å²) in [4.78, 5) is 2.58. The highest BCUT2D eigenvalue weighted by molar-refractivity contribution is 5.58. The topological polar surface area (TPSA) is 15.3 Å². The van der Waals surface area contributed by atoms with Crippen LogP contribution in [0.1, 0.15) is 12.0 Å². The lowest BCUT2D eigenvalue weighted by molar-refractivity contribution is 0.654. The third-order valence-corrected chi connectivity index (χ3v) is 3.40. The largest absolute Gasteiger partial charge is 0.367 e. The van der Waals surface area contributed by atoms with E-state index in [0.29, 0.717) is 0 Å². The van der Waals surface area contributed by atoms with Crippen molar-refractivity contribution in [1.82, 2.24) is 5.32 Å². The lowest BCUT2D eigenvalue weighted by Crippen LogP contribution is -2.35. The third-order valence-electron chi connectivity index (χ3n) is 3.40. The second kappa shape index (κ2) is 3.28. The van der Waals surface area contributed by atoms with E-state index in [2.05, 4.69) is 34.5 Å². The maximum Gasteiger partial charge on any atom is 0.0426 e. The van der Waals surface area contributed by atoms with Crippen LogP contribution in [-0.4, -0.2) is 25.7 Å². The molecule has 2 aliphatic rings. The second-order valence-corrected chi connectivity index (χ2v) is 4.22. The Labute approximate surface area is 84.9 Å². The number of hydrogen-bond acceptors (Lipinski definition) is 2. The molecular weight excluding hydrogens is 172 g/mol. The molecule has 0 bridgehead atoms. The van der Waals surface area contributed by atoms with Gasteiger partial charge in [0.2, 0.25) is 0 Å². The molecule has 0 saturated carbocycles. The molecule has 2 aliphatic heterocycles. The molecule has 1 N–H and O–H groups in total. The summed E-state index contributed by atoms with van der Waals surface area (Å²) in [5, 5.41) is 3.44. The van der Waals surface area contributed by atoms with Crippen LogP contribution in [-0.2, 0) is 6.42 Å². The van der Waals surface area contributed by atoms with Crippen molar-refractivity contribution in [2.24, 2.45) is 0 Å². The number of nitrogens with one attached hydrogen (secondary N) is 1. The van der Waals surface area contributed by atoms with Crippen molar-refractivity contribution in [3.8, 4) is 0 Å². The van der Waals surface area contributed by atoms with Gasteiger partial charge in [-0.05, 0) is 31.0 Å². The average Bonchev–Trinajstić information content (AvgIpc) is 2.85. The molecule has 2 heteroatoms. The minimum absolute atomic E-state index is 0.735. The number of anilines is 1. The maximum absolute atomic E-state index is 3.44. The SMILES string of the molecule is c1ccc2c(c1)CCN2C1CCNC1. The predicted octanol–water partition coefficient (Wildman–Crippen LogP) is 1.41. The number of nitrogens with zero attached hydrogens (tertiary/aromatic N) is 1. The minimum atomic E-state index is 0.735. The Hall–Kier alpha value is -1.02. The Kier molecular flexibility index (Phi) is 1.95. The zero-order valence-corrected chi connectivity index (χ0v) is 8.37. The molecule has 1 fully saturated rings. The highest BCUT2D eigenvalue weighted by Gasteiger charge is 2.27. The first-order chi connectivity index (χ1) is 6.95. The standard InChI is InChI=1S/C12H16N2/c1-2-4-12-10(3-1)6-8-14(12)11-5-7-13-9-11/h1-4,11,13H,5-9H2. The molecule has 3 rings (SSSR count). The molecular formula is C12H16N2. The van der Waals surface area contributed by atoms with Gasteiger partial charge in [-0.1, -0.05) is 18.2 Å². The van der Waals surface area contributed by atoms with Gasteiger partial charge < -0.3 is 10.2 Å². The van der Waals surface area contributed by atoms with Crippen molar-refractivity contribution in [1.29, 1.82) is 0 Å². The molecule has 0 spiro atoms. The smallest absolute Gasteiger partial charge is 0.0426 e. The fourth-order valence-electron chi connectivity index (χ4n) is 2.65. The van der Waals surface area contributed by atoms with Crippen LogP contribution in [0.2, 0.25) is 0 Å². The van der Waals surface area contributed by atoms with Gasteiger partial charge in [-0.25, -0.2) is 0 Å². The van der Waals surface area contributed by atoms with E-state index >= 15 is 0 Å². The van der Waals surface area contributed by atoms with E-state index in [4.69, 9.17) is 0 Å². The summed E-state index contributed by atoms with van der Waals surface area (Å²) in [5.41, 5.74) is 3.00. The Morgan fingerprint density at radius 1 is 1.29 bits per heavy atom. The van der Waals surface area contributed by atoms with Crippen molar-refractivity contribution in [2.45, 2.75) is 18.9 Å². The molecule has 1 atom stereocenters. The van der Waals surface area contributed by atoms with Crippen LogP contribution in [0.15, 0.2) is 24.3 Å². The van der Waals surface area contributed by atoms with Gasteiger partial charge in [-0.15, -0.1) is 0 Å². The average molecular weight is 188 g/mol. The van der Waals surface area contributed by atoms with E-state index in [9.17, 15) is 0 Å². The van der Waals surface area contributed by atoms with Gasteiger partial charge in [0.25, 0.3) is 0 Å². The maximum atomic E-state index is 3.44. The molecule has 1 unspecified atom stereocenters. The monoisotopic (exact) mass is 188 g/mol. The quantitative estimate of drug-likeness (QED) is 0.717. The molecule has 0 radical (unpaired) electrons. The van der Waals surface area contributed by atoms with Crippen molar-refractivity contribution in [3.05, 3.63) is 29.8 Å². The molecule has 14 heavy (non-hydrogen) atoms. The summed E-state index contributed by atoms with van der Waals surface area (Å²) < 4.78 is 0. The van der Waals surface area contributed by atoms with E-state index in [1.807, 2.05) is 0 Å². The summed E-state index contributed by atoms with van der Waals surface area (Å²) >= 11 is 0. The van der Waals surface area contributed by atoms with Crippen LogP contribution in [0.25, 0.3) is 0 Å². The predicted molar refractivity (Wildman–Crippen MR) is 58.8 cm³/mol. The third kappa shape index (κ3) is 1.22. The number of para-hydroxylation sites is 1. The van der Waals surface area contributed by atoms with Crippen molar-refractivity contribution < 1.29 is 0 Å². The summed E-state index contributed by atoms with van der Waals surface area (Å²) in [6.07, 6.45) is 2.53. The lowest BCUT2D eigenvalue weighted by atomic mass is 10.1. The van der Waals surface area contributed by atoms with Crippen molar-refractivity contribution in [2.75, 3.05) is 24.5 Å². The fraction of sp³-hybridized carbons (Fsp3) is 0.500. The molecule has 0 amide bonds. The van der Waals surface area contributed by atoms with Crippen LogP contribution >= 0.6 is 0 Å². The Balaban J connectivity index is 1.89. The molecule has 2 nitrogen and oxygen atoms in total. The van der Waals surface area contributed by atoms with Gasteiger partial charge in [0.15, 0.2) is 0 Å². The number of hydrogen-bond donors (Lipinski definition) is 1. The molecule has 1 aromatic rings. The van der Waals surface area contributed by atoms with E-state index < -0.39 is 0 Å². The van der Waals surface area contributed by atoms with E-state index in [0.717, 1.165) is 12.6 Å². The highest BCUT2D eigenvalue weighted by Crippen LogP contribution is 2.30. The Bertz CT molecular complexity index is 329. The molecule has 74 valence electrons. The van der Waals surface area contributed by atoms with Gasteiger partial charge >= 0.3 is 0 Å². The molecule has 0 aliphatic carbocycles. The normalized spacial score (nSPS) is 25.4. The summed E-state index contributed by atoms with van der Waals surface area (Å²) in [7, 11) is 0. The molecule has 1 saturated heterocycles. The van der Waals surface area contributed by atoms with Crippen molar-refractivity contribution >= 4 is 5.69 Å². The Morgan fingerprint density at radius 2 is 2.21 bits per heavy atom. The zero-order chi connectivity index (χ0) is 9.38. The van der Waals surface area contributed by atoms with E-state index in [1.165, 1.54) is 37.2 Å². The van der Waals surface area contributed by atoms with E-state index in [1.54, 1.807) is 0 Å². The van der Waals surface area contributed by atoms with E-state index in [-0.39, 0.29) is 0 Å². The number of fused-ring (bicyclic) bond motifs is 1. The summed E-state index contributed by atoms with van der Waals surface area (Å²) in [6, 6.07) is 9.56. The van der Waals surface area contributed by atoms with Crippen LogP contribution in [0.3, 0.4) is 0 Å². The van der Waals surface area contributed by atoms with Crippen LogP contribution in [0.5, 0.6) is 0 Å². The lowest BCUT2D eigenvalue weighted by Gasteiger charge is -2.26. The van der Waals surface area contributed by atoms with Gasteiger partial charge in [0.05, 0.1) is 0 Å². The summed E-state index contributed by atoms with van der Waals surface area (Å²) in [5.74, 6) is 0. The van der Waals surface area contributed by atoms with Gasteiger partial charge in [-0.3, -0.25) is 0 Å². The van der Waals surface area contributed by atoms with Gasteiger partial charge in [0, 0.05) is 24.8 Å². The van der Waals surface area contributed by atoms with Crippen LogP contribution in [0.4, 0.5) is 5.69 Å². The second-order valence-electron chi connectivity index (χ2n) is 4.22. The first-order valence-electron chi connectivity index (χ1n) is 5.50. The summed E-state index contributed by atoms with van der Waals surface area (Å²) in [6.45, 7) is 3.56. The zero-order valence-electron chi connectivity index (χ0n) is 8.37. The Morgan fingerprint density at radius 3 is 3.07 bits per heavy atom. The molecule has 0 aromatic heterocycles. The molecule has 1 aromatic carbocycles. The first kappa shape index (κ1) is 8.30. The van der Waals surface area contributed by atoms with Gasteiger partial charge in [0.1, 0.15) is 0 Å². The first-order valence-corrected chi connectivity index (χ1v) is 5.50. The highest BCUT2D eigenvalue weighted by atomic mass is 15.2. The minimum Gasteiger partial charge on any atom is -0.367 e. The van der Waals surface area contributed by atoms with Crippen molar-refractivity contribution in [3.63, 3.8) is 0 Å². The van der Waals surface area contributed by atoms with Gasteiger partial charge in [-0.2, -0.15) is 0 Å². The number of benzene rings is 1. The number of rotatable bonds is 1. The molecule has 2 heterocycles. The van der Waals surface area contributed by atoms with Crippen LogP contribution in [0, 0.1) is 0 Å². The van der Waals surface area contributed by atoms with Crippen LogP contribution < -0.4 is 10.2 Å². The fourth-order valence-corrected chi connectivity index (χ4v) is 2.65.